The Bertz CT molecular complexity index is 930. The average molecular weight is 372 g/mol. The van der Waals surface area contributed by atoms with Gasteiger partial charge in [-0.05, 0) is 36.6 Å². The van der Waals surface area contributed by atoms with Gasteiger partial charge >= 0.3 is 0 Å². The second kappa shape index (κ2) is 8.21. The molecule has 28 heavy (non-hydrogen) atoms. The molecule has 1 atom stereocenters. The van der Waals surface area contributed by atoms with Crippen LogP contribution in [-0.2, 0) is 0 Å². The number of hydrogen-bond acceptors (Lipinski definition) is 4. The van der Waals surface area contributed by atoms with Crippen LogP contribution in [0.4, 0.5) is 5.69 Å². The number of anilines is 1. The summed E-state index contributed by atoms with van der Waals surface area (Å²) >= 11 is 0. The molecule has 5 nitrogen and oxygen atoms in total. The van der Waals surface area contributed by atoms with E-state index in [0.29, 0.717) is 11.5 Å². The monoisotopic (exact) mass is 372 g/mol. The van der Waals surface area contributed by atoms with Crippen LogP contribution in [0.3, 0.4) is 0 Å². The highest BCUT2D eigenvalue weighted by Crippen LogP contribution is 2.24. The van der Waals surface area contributed by atoms with Crippen LogP contribution in [0.25, 0.3) is 11.3 Å². The van der Waals surface area contributed by atoms with E-state index in [1.54, 1.807) is 18.6 Å². The predicted molar refractivity (Wildman–Crippen MR) is 111 cm³/mol. The van der Waals surface area contributed by atoms with E-state index in [2.05, 4.69) is 39.1 Å². The molecule has 1 aromatic heterocycles. The van der Waals surface area contributed by atoms with Gasteiger partial charge in [0.1, 0.15) is 0 Å². The Balaban J connectivity index is 1.40. The molecule has 1 unspecified atom stereocenters. The molecule has 0 radical (unpaired) electrons. The molecular weight excluding hydrogens is 348 g/mol. The average Bonchev–Trinajstić information content (AvgIpc) is 3.23. The third-order valence-electron chi connectivity index (χ3n) is 5.25. The second-order valence-corrected chi connectivity index (χ2v) is 7.29. The van der Waals surface area contributed by atoms with Gasteiger partial charge in [0.15, 0.2) is 0 Å². The predicted octanol–water partition coefficient (Wildman–Crippen LogP) is 3.74. The summed E-state index contributed by atoms with van der Waals surface area (Å²) in [7, 11) is 1.89. The third kappa shape index (κ3) is 4.03. The van der Waals surface area contributed by atoms with Crippen LogP contribution in [0.15, 0.2) is 73.2 Å². The molecule has 2 aromatic carbocycles. The first kappa shape index (κ1) is 18.2. The number of amides is 1. The van der Waals surface area contributed by atoms with Crippen LogP contribution in [0.2, 0.25) is 0 Å². The zero-order valence-corrected chi connectivity index (χ0v) is 16.0. The van der Waals surface area contributed by atoms with E-state index in [9.17, 15) is 4.79 Å². The van der Waals surface area contributed by atoms with Crippen LogP contribution in [0.5, 0.6) is 0 Å². The standard InChI is InChI=1S/C23H24N4O/c1-26(16-18-10-13-27(17-18)21-8-3-2-4-9-21)23(28)20-7-5-6-19(14-20)22-15-24-11-12-25-22/h2-9,11-12,14-15,18H,10,13,16-17H2,1H3. The number of aromatic nitrogens is 2. The number of rotatable bonds is 5. The van der Waals surface area contributed by atoms with E-state index in [1.165, 1.54) is 5.69 Å². The van der Waals surface area contributed by atoms with Crippen molar-refractivity contribution in [3.05, 3.63) is 78.8 Å². The van der Waals surface area contributed by atoms with Crippen molar-refractivity contribution in [2.45, 2.75) is 6.42 Å². The van der Waals surface area contributed by atoms with Crippen molar-refractivity contribution in [1.29, 1.82) is 0 Å². The minimum absolute atomic E-state index is 0.0453. The van der Waals surface area contributed by atoms with Gasteiger partial charge in [-0.25, -0.2) is 0 Å². The number of benzene rings is 2. The minimum Gasteiger partial charge on any atom is -0.371 e. The summed E-state index contributed by atoms with van der Waals surface area (Å²) in [4.78, 5) is 25.6. The Morgan fingerprint density at radius 1 is 1.14 bits per heavy atom. The molecule has 142 valence electrons. The number of carbonyl (C=O) groups excluding carboxylic acids is 1. The van der Waals surface area contributed by atoms with E-state index < -0.39 is 0 Å². The second-order valence-electron chi connectivity index (χ2n) is 7.29. The van der Waals surface area contributed by atoms with Crippen LogP contribution in [-0.4, -0.2) is 47.5 Å². The molecule has 1 aliphatic rings. The number of nitrogens with zero attached hydrogens (tertiary/aromatic N) is 4. The third-order valence-corrected chi connectivity index (χ3v) is 5.25. The zero-order chi connectivity index (χ0) is 19.3. The molecule has 0 N–H and O–H groups in total. The minimum atomic E-state index is 0.0453. The molecule has 0 aliphatic carbocycles. The molecule has 0 bridgehead atoms. The Kier molecular flexibility index (Phi) is 5.33. The van der Waals surface area contributed by atoms with Crippen molar-refractivity contribution in [2.24, 2.45) is 5.92 Å². The molecule has 1 amide bonds. The lowest BCUT2D eigenvalue weighted by Crippen LogP contribution is -2.33. The lowest BCUT2D eigenvalue weighted by molar-refractivity contribution is 0.0776. The van der Waals surface area contributed by atoms with Gasteiger partial charge < -0.3 is 9.80 Å². The molecule has 1 saturated heterocycles. The SMILES string of the molecule is CN(CC1CCN(c2ccccc2)C1)C(=O)c1cccc(-c2cnccn2)c1. The summed E-state index contributed by atoms with van der Waals surface area (Å²) in [6.07, 6.45) is 6.12. The zero-order valence-electron chi connectivity index (χ0n) is 16.0. The molecule has 0 spiro atoms. The van der Waals surface area contributed by atoms with Gasteiger partial charge in [0, 0.05) is 55.9 Å². The van der Waals surface area contributed by atoms with Gasteiger partial charge in [0.05, 0.1) is 11.9 Å². The van der Waals surface area contributed by atoms with Crippen molar-refractivity contribution in [2.75, 3.05) is 31.6 Å². The van der Waals surface area contributed by atoms with E-state index in [0.717, 1.165) is 37.3 Å². The van der Waals surface area contributed by atoms with Crippen LogP contribution >= 0.6 is 0 Å². The molecule has 4 rings (SSSR count). The van der Waals surface area contributed by atoms with Gasteiger partial charge in [0.2, 0.25) is 0 Å². The van der Waals surface area contributed by atoms with Crippen molar-refractivity contribution < 1.29 is 4.79 Å². The molecule has 2 heterocycles. The van der Waals surface area contributed by atoms with Crippen molar-refractivity contribution in [1.82, 2.24) is 14.9 Å². The first-order valence-electron chi connectivity index (χ1n) is 9.62. The van der Waals surface area contributed by atoms with Crippen molar-refractivity contribution in [3.8, 4) is 11.3 Å². The highest BCUT2D eigenvalue weighted by atomic mass is 16.2. The molecule has 1 fully saturated rings. The van der Waals surface area contributed by atoms with Crippen LogP contribution in [0, 0.1) is 5.92 Å². The summed E-state index contributed by atoms with van der Waals surface area (Å²) in [6, 6.07) is 18.1. The lowest BCUT2D eigenvalue weighted by Gasteiger charge is -2.23. The summed E-state index contributed by atoms with van der Waals surface area (Å²) < 4.78 is 0. The smallest absolute Gasteiger partial charge is 0.253 e. The summed E-state index contributed by atoms with van der Waals surface area (Å²) in [6.45, 7) is 2.79. The fraction of sp³-hybridized carbons (Fsp3) is 0.261. The van der Waals surface area contributed by atoms with Crippen LogP contribution < -0.4 is 4.90 Å². The molecule has 3 aromatic rings. The lowest BCUT2D eigenvalue weighted by atomic mass is 10.1. The van der Waals surface area contributed by atoms with Gasteiger partial charge in [-0.1, -0.05) is 30.3 Å². The fourth-order valence-corrected chi connectivity index (χ4v) is 3.81. The van der Waals surface area contributed by atoms with Gasteiger partial charge in [-0.3, -0.25) is 14.8 Å². The molecule has 0 saturated carbocycles. The maximum atomic E-state index is 12.9. The number of hydrogen-bond donors (Lipinski definition) is 0. The largest absolute Gasteiger partial charge is 0.371 e. The summed E-state index contributed by atoms with van der Waals surface area (Å²) in [5.74, 6) is 0.529. The Labute approximate surface area is 165 Å². The highest BCUT2D eigenvalue weighted by molar-refractivity contribution is 5.95. The maximum absolute atomic E-state index is 12.9. The van der Waals surface area contributed by atoms with E-state index in [-0.39, 0.29) is 5.91 Å². The molecule has 5 heteroatoms. The Morgan fingerprint density at radius 2 is 2.00 bits per heavy atom. The first-order valence-corrected chi connectivity index (χ1v) is 9.62. The maximum Gasteiger partial charge on any atom is 0.253 e. The highest BCUT2D eigenvalue weighted by Gasteiger charge is 2.25. The summed E-state index contributed by atoms with van der Waals surface area (Å²) in [5.41, 5.74) is 3.62. The molecular formula is C23H24N4O. The van der Waals surface area contributed by atoms with Crippen molar-refractivity contribution in [3.63, 3.8) is 0 Å². The van der Waals surface area contributed by atoms with Gasteiger partial charge in [0.25, 0.3) is 5.91 Å². The molecule has 1 aliphatic heterocycles. The Morgan fingerprint density at radius 3 is 2.79 bits per heavy atom. The van der Waals surface area contributed by atoms with Crippen LogP contribution in [0.1, 0.15) is 16.8 Å². The summed E-state index contributed by atoms with van der Waals surface area (Å²) in [5, 5.41) is 0. The number of para-hydroxylation sites is 1. The normalized spacial score (nSPS) is 16.2. The van der Waals surface area contributed by atoms with E-state index >= 15 is 0 Å². The fourth-order valence-electron chi connectivity index (χ4n) is 3.81. The van der Waals surface area contributed by atoms with E-state index in [1.807, 2.05) is 42.3 Å². The first-order chi connectivity index (χ1) is 13.7. The van der Waals surface area contributed by atoms with Gasteiger partial charge in [-0.2, -0.15) is 0 Å². The quantitative estimate of drug-likeness (QED) is 0.685. The number of carbonyl (C=O) groups is 1. The topological polar surface area (TPSA) is 49.3 Å². The van der Waals surface area contributed by atoms with Gasteiger partial charge in [-0.15, -0.1) is 0 Å². The Hall–Kier alpha value is -3.21. The van der Waals surface area contributed by atoms with Crippen molar-refractivity contribution >= 4 is 11.6 Å². The van der Waals surface area contributed by atoms with E-state index in [4.69, 9.17) is 0 Å².